The zero-order valence-corrected chi connectivity index (χ0v) is 21.8. The summed E-state index contributed by atoms with van der Waals surface area (Å²) >= 11 is 0. The van der Waals surface area contributed by atoms with Gasteiger partial charge in [0.05, 0.1) is 18.5 Å². The maximum Gasteiger partial charge on any atom is 0.416 e. The van der Waals surface area contributed by atoms with Crippen molar-refractivity contribution in [1.29, 1.82) is 0 Å². The molecule has 4 nitrogen and oxygen atoms in total. The maximum absolute atomic E-state index is 13.6. The Morgan fingerprint density at radius 1 is 0.692 bits per heavy atom. The average Bonchev–Trinajstić information content (AvgIpc) is 2.92. The molecule has 0 atom stereocenters. The summed E-state index contributed by atoms with van der Waals surface area (Å²) in [5, 5.41) is 0. The molecule has 4 aromatic rings. The molecule has 0 N–H and O–H groups in total. The summed E-state index contributed by atoms with van der Waals surface area (Å²) in [6.07, 6.45) is -4.23. The summed E-state index contributed by atoms with van der Waals surface area (Å²) in [4.78, 5) is 29.6. The number of carbonyl (C=O) groups excluding carboxylic acids is 2. The minimum atomic E-state index is -4.43. The van der Waals surface area contributed by atoms with Crippen molar-refractivity contribution in [3.8, 4) is 0 Å². The van der Waals surface area contributed by atoms with E-state index in [0.29, 0.717) is 23.4 Å². The molecule has 0 radical (unpaired) electrons. The summed E-state index contributed by atoms with van der Waals surface area (Å²) in [6, 6.07) is 28.8. The Hall–Kier alpha value is -4.39. The first-order valence-corrected chi connectivity index (χ1v) is 12.5. The van der Waals surface area contributed by atoms with E-state index >= 15 is 0 Å². The summed E-state index contributed by atoms with van der Waals surface area (Å²) in [6.45, 7) is 2.43. The van der Waals surface area contributed by atoms with Crippen LogP contribution in [0.25, 0.3) is 0 Å². The van der Waals surface area contributed by atoms with Gasteiger partial charge in [0.25, 0.3) is 5.91 Å². The van der Waals surface area contributed by atoms with E-state index in [1.807, 2.05) is 49.4 Å². The van der Waals surface area contributed by atoms with Gasteiger partial charge in [-0.05, 0) is 59.5 Å². The Morgan fingerprint density at radius 3 is 1.87 bits per heavy atom. The van der Waals surface area contributed by atoms with Crippen LogP contribution in [0.5, 0.6) is 0 Å². The van der Waals surface area contributed by atoms with Crippen LogP contribution in [0.2, 0.25) is 0 Å². The van der Waals surface area contributed by atoms with E-state index in [1.165, 1.54) is 17.0 Å². The van der Waals surface area contributed by atoms with Crippen molar-refractivity contribution in [3.63, 3.8) is 0 Å². The molecule has 0 saturated carbocycles. The average molecular weight is 531 g/mol. The molecule has 0 bridgehead atoms. The van der Waals surface area contributed by atoms with Crippen LogP contribution in [0.1, 0.15) is 38.2 Å². The van der Waals surface area contributed by atoms with Crippen molar-refractivity contribution in [1.82, 2.24) is 4.90 Å². The molecular weight excluding hydrogens is 501 g/mol. The number of alkyl halides is 3. The van der Waals surface area contributed by atoms with Crippen LogP contribution in [0.3, 0.4) is 0 Å². The van der Waals surface area contributed by atoms with Crippen LogP contribution < -0.4 is 4.90 Å². The first-order valence-electron chi connectivity index (χ1n) is 12.5. The molecule has 39 heavy (non-hydrogen) atoms. The van der Waals surface area contributed by atoms with E-state index in [4.69, 9.17) is 0 Å². The van der Waals surface area contributed by atoms with E-state index in [-0.39, 0.29) is 24.8 Å². The number of hydrogen-bond acceptors (Lipinski definition) is 2. The highest BCUT2D eigenvalue weighted by Gasteiger charge is 2.30. The summed E-state index contributed by atoms with van der Waals surface area (Å²) in [7, 11) is 1.76. The highest BCUT2D eigenvalue weighted by Crippen LogP contribution is 2.30. The minimum Gasteiger partial charge on any atom is -0.341 e. The van der Waals surface area contributed by atoms with Gasteiger partial charge in [-0.2, -0.15) is 13.2 Å². The van der Waals surface area contributed by atoms with Gasteiger partial charge in [-0.25, -0.2) is 0 Å². The van der Waals surface area contributed by atoms with E-state index < -0.39 is 11.7 Å². The van der Waals surface area contributed by atoms with Gasteiger partial charge in [-0.3, -0.25) is 9.59 Å². The van der Waals surface area contributed by atoms with Gasteiger partial charge < -0.3 is 9.80 Å². The van der Waals surface area contributed by atoms with Crippen LogP contribution in [0.15, 0.2) is 103 Å². The van der Waals surface area contributed by atoms with Crippen molar-refractivity contribution >= 4 is 17.5 Å². The molecule has 0 aromatic heterocycles. The minimum absolute atomic E-state index is 0.0378. The molecule has 0 aliphatic rings. The van der Waals surface area contributed by atoms with Crippen LogP contribution in [-0.4, -0.2) is 23.8 Å². The quantitative estimate of drug-likeness (QED) is 0.245. The van der Waals surface area contributed by atoms with Gasteiger partial charge in [-0.15, -0.1) is 0 Å². The Balaban J connectivity index is 1.54. The van der Waals surface area contributed by atoms with Crippen molar-refractivity contribution < 1.29 is 22.8 Å². The highest BCUT2D eigenvalue weighted by molar-refractivity contribution is 6.07. The first-order chi connectivity index (χ1) is 18.6. The Bertz CT molecular complexity index is 1420. The molecule has 200 valence electrons. The fourth-order valence-electron chi connectivity index (χ4n) is 4.27. The number of hydrogen-bond donors (Lipinski definition) is 0. The van der Waals surface area contributed by atoms with Gasteiger partial charge >= 0.3 is 6.18 Å². The number of amides is 2. The smallest absolute Gasteiger partial charge is 0.341 e. The van der Waals surface area contributed by atoms with E-state index in [2.05, 4.69) is 0 Å². The molecular formula is C32H29F3N2O2. The number of likely N-dealkylation sites (N-methyl/N-ethyl adjacent to an activating group) is 1. The Labute approximate surface area is 226 Å². The van der Waals surface area contributed by atoms with Crippen LogP contribution in [0, 0.1) is 6.92 Å². The zero-order chi connectivity index (χ0) is 28.0. The van der Waals surface area contributed by atoms with Crippen molar-refractivity contribution in [3.05, 3.63) is 137 Å². The second-order valence-corrected chi connectivity index (χ2v) is 9.48. The summed E-state index contributed by atoms with van der Waals surface area (Å²) < 4.78 is 39.1. The molecule has 0 aliphatic carbocycles. The largest absolute Gasteiger partial charge is 0.416 e. The van der Waals surface area contributed by atoms with E-state index in [9.17, 15) is 22.8 Å². The maximum atomic E-state index is 13.6. The zero-order valence-electron chi connectivity index (χ0n) is 21.8. The van der Waals surface area contributed by atoms with Gasteiger partial charge in [0.2, 0.25) is 5.91 Å². The summed E-state index contributed by atoms with van der Waals surface area (Å²) in [5.74, 6) is -0.302. The lowest BCUT2D eigenvalue weighted by Crippen LogP contribution is -2.31. The van der Waals surface area contributed by atoms with Crippen molar-refractivity contribution in [2.45, 2.75) is 32.6 Å². The standard InChI is InChI=1S/C32H29F3N2O2/c1-23-8-6-7-11-29(23)31(39)37(22-26-12-16-27(17-13-26)32(33,34)35)28-18-14-24(15-19-28)20-30(38)36(2)21-25-9-4-3-5-10-25/h3-19H,20-22H2,1-2H3. The predicted octanol–water partition coefficient (Wildman–Crippen LogP) is 7.06. The number of benzene rings is 4. The Kier molecular flexibility index (Phi) is 8.49. The second-order valence-electron chi connectivity index (χ2n) is 9.48. The molecule has 0 fully saturated rings. The molecule has 0 spiro atoms. The molecule has 0 unspecified atom stereocenters. The van der Waals surface area contributed by atoms with E-state index in [0.717, 1.165) is 28.8 Å². The fraction of sp³-hybridized carbons (Fsp3) is 0.188. The number of halogens is 3. The topological polar surface area (TPSA) is 40.6 Å². The van der Waals surface area contributed by atoms with Gasteiger partial charge in [0, 0.05) is 24.8 Å². The molecule has 0 heterocycles. The molecule has 2 amide bonds. The molecule has 7 heteroatoms. The lowest BCUT2D eigenvalue weighted by Gasteiger charge is -2.24. The fourth-order valence-corrected chi connectivity index (χ4v) is 4.27. The predicted molar refractivity (Wildman–Crippen MR) is 146 cm³/mol. The lowest BCUT2D eigenvalue weighted by atomic mass is 10.0. The van der Waals surface area contributed by atoms with Crippen LogP contribution >= 0.6 is 0 Å². The van der Waals surface area contributed by atoms with Crippen LogP contribution in [0.4, 0.5) is 18.9 Å². The SMILES string of the molecule is Cc1ccccc1C(=O)N(Cc1ccc(C(F)(F)F)cc1)c1ccc(CC(=O)N(C)Cc2ccccc2)cc1. The van der Waals surface area contributed by atoms with Crippen LogP contribution in [-0.2, 0) is 30.5 Å². The van der Waals surface area contributed by atoms with Gasteiger partial charge in [0.15, 0.2) is 0 Å². The number of aryl methyl sites for hydroxylation is 1. The van der Waals surface area contributed by atoms with Gasteiger partial charge in [-0.1, -0.05) is 72.8 Å². The van der Waals surface area contributed by atoms with Gasteiger partial charge in [0.1, 0.15) is 0 Å². The third-order valence-corrected chi connectivity index (χ3v) is 6.53. The molecule has 0 aliphatic heterocycles. The number of nitrogens with zero attached hydrogens (tertiary/aromatic N) is 2. The monoisotopic (exact) mass is 530 g/mol. The third kappa shape index (κ3) is 7.13. The van der Waals surface area contributed by atoms with Crippen molar-refractivity contribution in [2.75, 3.05) is 11.9 Å². The molecule has 4 rings (SSSR count). The van der Waals surface area contributed by atoms with E-state index in [1.54, 1.807) is 48.3 Å². The highest BCUT2D eigenvalue weighted by atomic mass is 19.4. The number of rotatable bonds is 8. The second kappa shape index (κ2) is 12.0. The van der Waals surface area contributed by atoms with Crippen molar-refractivity contribution in [2.24, 2.45) is 0 Å². The third-order valence-electron chi connectivity index (χ3n) is 6.53. The first kappa shape index (κ1) is 27.6. The molecule has 0 saturated heterocycles. The summed E-state index contributed by atoms with van der Waals surface area (Å²) in [5.41, 5.74) is 3.53. The molecule has 4 aromatic carbocycles. The number of carbonyl (C=O) groups is 2. The lowest BCUT2D eigenvalue weighted by molar-refractivity contribution is -0.137. The Morgan fingerprint density at radius 2 is 1.26 bits per heavy atom. The number of anilines is 1. The normalized spacial score (nSPS) is 11.2.